The number of unbranched alkanes of at least 4 members (excludes halogenated alkanes) is 13. The minimum Gasteiger partial charge on any atom is -0.390 e. The van der Waals surface area contributed by atoms with Gasteiger partial charge in [-0.15, -0.1) is 0 Å². The maximum Gasteiger partial charge on any atom is 0.107 e. The maximum atomic E-state index is 9.66. The molecule has 1 fully saturated rings. The van der Waals surface area contributed by atoms with E-state index in [1.165, 1.54) is 89.9 Å². The summed E-state index contributed by atoms with van der Waals surface area (Å²) in [5.41, 5.74) is 0. The van der Waals surface area contributed by atoms with E-state index in [-0.39, 0.29) is 12.2 Å². The van der Waals surface area contributed by atoms with Crippen molar-refractivity contribution in [1.29, 1.82) is 0 Å². The molecule has 0 aromatic rings. The zero-order chi connectivity index (χ0) is 15.2. The molecule has 2 heteroatoms. The zero-order valence-corrected chi connectivity index (χ0v) is 14.3. The Morgan fingerprint density at radius 1 is 0.762 bits per heavy atom. The molecule has 0 spiro atoms. The summed E-state index contributed by atoms with van der Waals surface area (Å²) in [6, 6.07) is 0. The SMILES string of the molecule is CCCCCCCCCCCCCCCCC(O)C1CO1. The van der Waals surface area contributed by atoms with E-state index in [1.54, 1.807) is 0 Å². The van der Waals surface area contributed by atoms with Crippen LogP contribution in [0.25, 0.3) is 0 Å². The summed E-state index contributed by atoms with van der Waals surface area (Å²) in [6.45, 7) is 3.06. The predicted molar refractivity (Wildman–Crippen MR) is 90.7 cm³/mol. The highest BCUT2D eigenvalue weighted by molar-refractivity contribution is 4.77. The molecule has 2 unspecified atom stereocenters. The number of aliphatic hydroxyl groups excluding tert-OH is 1. The molecule has 1 aliphatic heterocycles. The molecular weight excluding hydrogens is 260 g/mol. The monoisotopic (exact) mass is 298 g/mol. The van der Waals surface area contributed by atoms with Gasteiger partial charge in [0.05, 0.1) is 12.7 Å². The molecule has 2 nitrogen and oxygen atoms in total. The van der Waals surface area contributed by atoms with Crippen molar-refractivity contribution in [2.45, 2.75) is 115 Å². The fourth-order valence-corrected chi connectivity index (χ4v) is 3.01. The lowest BCUT2D eigenvalue weighted by molar-refractivity contribution is 0.123. The van der Waals surface area contributed by atoms with Crippen LogP contribution in [0.2, 0.25) is 0 Å². The van der Waals surface area contributed by atoms with Crippen LogP contribution in [0, 0.1) is 0 Å². The van der Waals surface area contributed by atoms with Gasteiger partial charge < -0.3 is 9.84 Å². The van der Waals surface area contributed by atoms with Gasteiger partial charge in [0.2, 0.25) is 0 Å². The molecule has 0 bridgehead atoms. The second-order valence-corrected chi connectivity index (χ2v) is 6.82. The fraction of sp³-hybridized carbons (Fsp3) is 1.00. The topological polar surface area (TPSA) is 32.8 Å². The first-order valence-electron chi connectivity index (χ1n) is 9.64. The standard InChI is InChI=1S/C19H38O2/c1-2-3-4-5-6-7-8-9-10-11-12-13-14-15-16-18(20)19-17-21-19/h18-20H,2-17H2,1H3. The minimum absolute atomic E-state index is 0.173. The van der Waals surface area contributed by atoms with E-state index in [9.17, 15) is 5.11 Å². The van der Waals surface area contributed by atoms with Gasteiger partial charge in [-0.2, -0.15) is 0 Å². The molecule has 0 saturated carbocycles. The van der Waals surface area contributed by atoms with E-state index in [2.05, 4.69) is 6.92 Å². The predicted octanol–water partition coefficient (Wildman–Crippen LogP) is 5.62. The third-order valence-corrected chi connectivity index (χ3v) is 4.64. The smallest absolute Gasteiger partial charge is 0.107 e. The van der Waals surface area contributed by atoms with Crippen molar-refractivity contribution in [3.8, 4) is 0 Å². The first-order chi connectivity index (χ1) is 10.3. The van der Waals surface area contributed by atoms with Crippen molar-refractivity contribution in [1.82, 2.24) is 0 Å². The summed E-state index contributed by atoms with van der Waals surface area (Å²) in [5.74, 6) is 0. The van der Waals surface area contributed by atoms with Crippen LogP contribution in [0.3, 0.4) is 0 Å². The van der Waals surface area contributed by atoms with Gasteiger partial charge in [-0.3, -0.25) is 0 Å². The van der Waals surface area contributed by atoms with E-state index in [4.69, 9.17) is 4.74 Å². The minimum atomic E-state index is -0.192. The van der Waals surface area contributed by atoms with Gasteiger partial charge in [-0.25, -0.2) is 0 Å². The molecule has 1 saturated heterocycles. The average molecular weight is 299 g/mol. The third-order valence-electron chi connectivity index (χ3n) is 4.64. The highest BCUT2D eigenvalue weighted by Crippen LogP contribution is 2.19. The quantitative estimate of drug-likeness (QED) is 0.296. The van der Waals surface area contributed by atoms with Crippen molar-refractivity contribution >= 4 is 0 Å². The van der Waals surface area contributed by atoms with E-state index in [0.717, 1.165) is 13.0 Å². The molecule has 1 heterocycles. The second kappa shape index (κ2) is 13.6. The lowest BCUT2D eigenvalue weighted by Crippen LogP contribution is -2.13. The summed E-state index contributed by atoms with van der Waals surface area (Å²) in [5, 5.41) is 9.66. The van der Waals surface area contributed by atoms with Crippen LogP contribution in [0.4, 0.5) is 0 Å². The van der Waals surface area contributed by atoms with Crippen LogP contribution in [0.1, 0.15) is 103 Å². The second-order valence-electron chi connectivity index (χ2n) is 6.82. The van der Waals surface area contributed by atoms with E-state index < -0.39 is 0 Å². The highest BCUT2D eigenvalue weighted by Gasteiger charge is 2.30. The molecule has 21 heavy (non-hydrogen) atoms. The van der Waals surface area contributed by atoms with Gasteiger partial charge in [-0.05, 0) is 6.42 Å². The van der Waals surface area contributed by atoms with Crippen molar-refractivity contribution in [3.05, 3.63) is 0 Å². The number of aliphatic hydroxyl groups is 1. The zero-order valence-electron chi connectivity index (χ0n) is 14.3. The van der Waals surface area contributed by atoms with Gasteiger partial charge in [0.1, 0.15) is 6.10 Å². The van der Waals surface area contributed by atoms with Gasteiger partial charge in [0, 0.05) is 0 Å². The van der Waals surface area contributed by atoms with Crippen LogP contribution in [-0.4, -0.2) is 23.9 Å². The van der Waals surface area contributed by atoms with Crippen LogP contribution < -0.4 is 0 Å². The summed E-state index contributed by atoms with van der Waals surface area (Å²) in [6.07, 6.45) is 20.4. The molecule has 0 aromatic carbocycles. The molecule has 1 aliphatic rings. The summed E-state index contributed by atoms with van der Waals surface area (Å²) < 4.78 is 5.09. The Hall–Kier alpha value is -0.0800. The Balaban J connectivity index is 1.65. The van der Waals surface area contributed by atoms with Crippen molar-refractivity contribution in [2.75, 3.05) is 6.61 Å². The highest BCUT2D eigenvalue weighted by atomic mass is 16.6. The fourth-order valence-electron chi connectivity index (χ4n) is 3.01. The molecule has 0 aromatic heterocycles. The third kappa shape index (κ3) is 12.2. The van der Waals surface area contributed by atoms with Gasteiger partial charge in [0.15, 0.2) is 0 Å². The van der Waals surface area contributed by atoms with Crippen LogP contribution >= 0.6 is 0 Å². The Morgan fingerprint density at radius 3 is 1.52 bits per heavy atom. The molecule has 0 aliphatic carbocycles. The summed E-state index contributed by atoms with van der Waals surface area (Å²) in [7, 11) is 0. The lowest BCUT2D eigenvalue weighted by atomic mass is 10.0. The molecule has 2 atom stereocenters. The molecule has 1 rings (SSSR count). The van der Waals surface area contributed by atoms with E-state index in [0.29, 0.717) is 0 Å². The average Bonchev–Trinajstić information content (AvgIpc) is 3.32. The number of hydrogen-bond donors (Lipinski definition) is 1. The Kier molecular flexibility index (Phi) is 12.3. The van der Waals surface area contributed by atoms with Crippen LogP contribution in [-0.2, 0) is 4.74 Å². The van der Waals surface area contributed by atoms with Crippen molar-refractivity contribution in [2.24, 2.45) is 0 Å². The van der Waals surface area contributed by atoms with Gasteiger partial charge in [0.25, 0.3) is 0 Å². The van der Waals surface area contributed by atoms with Crippen molar-refractivity contribution < 1.29 is 9.84 Å². The molecule has 1 N–H and O–H groups in total. The van der Waals surface area contributed by atoms with Gasteiger partial charge in [-0.1, -0.05) is 96.8 Å². The van der Waals surface area contributed by atoms with Crippen molar-refractivity contribution in [3.63, 3.8) is 0 Å². The van der Waals surface area contributed by atoms with Crippen LogP contribution in [0.15, 0.2) is 0 Å². The Labute approximate surface area is 132 Å². The molecule has 0 amide bonds. The lowest BCUT2D eigenvalue weighted by Gasteiger charge is -2.06. The van der Waals surface area contributed by atoms with E-state index in [1.807, 2.05) is 0 Å². The first-order valence-corrected chi connectivity index (χ1v) is 9.64. The normalized spacial score (nSPS) is 18.9. The maximum absolute atomic E-state index is 9.66. The summed E-state index contributed by atoms with van der Waals surface area (Å²) >= 11 is 0. The molecule has 126 valence electrons. The number of rotatable bonds is 16. The van der Waals surface area contributed by atoms with E-state index >= 15 is 0 Å². The number of hydrogen-bond acceptors (Lipinski definition) is 2. The molecule has 0 radical (unpaired) electrons. The Morgan fingerprint density at radius 2 is 1.14 bits per heavy atom. The number of epoxide rings is 1. The Bertz CT molecular complexity index is 214. The first kappa shape index (κ1) is 19.0. The number of ether oxygens (including phenoxy) is 1. The van der Waals surface area contributed by atoms with Gasteiger partial charge >= 0.3 is 0 Å². The largest absolute Gasteiger partial charge is 0.390 e. The van der Waals surface area contributed by atoms with Crippen LogP contribution in [0.5, 0.6) is 0 Å². The molecular formula is C19H38O2. The summed E-state index contributed by atoms with van der Waals surface area (Å²) in [4.78, 5) is 0.